The number of furan rings is 1. The van der Waals surface area contributed by atoms with Crippen molar-refractivity contribution in [3.63, 3.8) is 0 Å². The third-order valence-electron chi connectivity index (χ3n) is 4.66. The largest absolute Gasteiger partial charge is 0.467 e. The standard InChI is InChI=1S/C17H26N2O3/c1-13-10-14(6-7-18-13)17(20)19(11-15-4-2-8-21-15)12-16-5-3-9-22-16/h2,4,8,13-14,16,18H,3,5-7,9-12H2,1H3/t13-,14-,16?/m0/s1. The van der Waals surface area contributed by atoms with Crippen molar-refractivity contribution in [3.8, 4) is 0 Å². The fourth-order valence-corrected chi connectivity index (χ4v) is 3.47. The predicted octanol–water partition coefficient (Wildman–Crippen LogP) is 2.18. The average Bonchev–Trinajstić information content (AvgIpc) is 3.19. The zero-order valence-electron chi connectivity index (χ0n) is 13.3. The number of carbonyl (C=O) groups excluding carboxylic acids is 1. The first-order valence-corrected chi connectivity index (χ1v) is 8.38. The second-order valence-electron chi connectivity index (χ2n) is 6.51. The van der Waals surface area contributed by atoms with E-state index in [4.69, 9.17) is 9.15 Å². The molecule has 2 aliphatic heterocycles. The third-order valence-corrected chi connectivity index (χ3v) is 4.66. The summed E-state index contributed by atoms with van der Waals surface area (Å²) in [7, 11) is 0. The summed E-state index contributed by atoms with van der Waals surface area (Å²) >= 11 is 0. The Labute approximate surface area is 132 Å². The molecular weight excluding hydrogens is 280 g/mol. The van der Waals surface area contributed by atoms with Crippen LogP contribution in [0, 0.1) is 5.92 Å². The molecule has 2 aliphatic rings. The molecule has 1 amide bonds. The van der Waals surface area contributed by atoms with Gasteiger partial charge in [0.25, 0.3) is 0 Å². The van der Waals surface area contributed by atoms with E-state index in [-0.39, 0.29) is 17.9 Å². The van der Waals surface area contributed by atoms with E-state index >= 15 is 0 Å². The number of carbonyl (C=O) groups is 1. The summed E-state index contributed by atoms with van der Waals surface area (Å²) in [6.07, 6.45) is 5.82. The van der Waals surface area contributed by atoms with Crippen LogP contribution in [0.1, 0.15) is 38.4 Å². The molecule has 1 unspecified atom stereocenters. The van der Waals surface area contributed by atoms with E-state index in [9.17, 15) is 4.79 Å². The van der Waals surface area contributed by atoms with Gasteiger partial charge in [-0.05, 0) is 51.3 Å². The summed E-state index contributed by atoms with van der Waals surface area (Å²) in [6, 6.07) is 4.22. The molecular formula is C17H26N2O3. The van der Waals surface area contributed by atoms with E-state index in [0.717, 1.165) is 44.6 Å². The van der Waals surface area contributed by atoms with Crippen LogP contribution in [-0.2, 0) is 16.1 Å². The summed E-state index contributed by atoms with van der Waals surface area (Å²) in [6.45, 7) is 5.11. The number of hydrogen-bond donors (Lipinski definition) is 1. The maximum absolute atomic E-state index is 13.0. The number of ether oxygens (including phenoxy) is 1. The molecule has 1 aromatic rings. The Kier molecular flexibility index (Phi) is 5.16. The Hall–Kier alpha value is -1.33. The number of amides is 1. The van der Waals surface area contributed by atoms with Crippen LogP contribution in [0.15, 0.2) is 22.8 Å². The quantitative estimate of drug-likeness (QED) is 0.906. The molecule has 3 atom stereocenters. The fraction of sp³-hybridized carbons (Fsp3) is 0.706. The summed E-state index contributed by atoms with van der Waals surface area (Å²) in [5.41, 5.74) is 0. The minimum Gasteiger partial charge on any atom is -0.467 e. The van der Waals surface area contributed by atoms with Crippen LogP contribution in [0.25, 0.3) is 0 Å². The van der Waals surface area contributed by atoms with Crippen molar-refractivity contribution in [2.45, 2.75) is 51.3 Å². The minimum atomic E-state index is 0.118. The Bertz CT molecular complexity index is 468. The van der Waals surface area contributed by atoms with Crippen molar-refractivity contribution in [2.24, 2.45) is 5.92 Å². The van der Waals surface area contributed by atoms with Gasteiger partial charge in [-0.15, -0.1) is 0 Å². The molecule has 1 aromatic heterocycles. The van der Waals surface area contributed by atoms with Gasteiger partial charge in [0.1, 0.15) is 5.76 Å². The van der Waals surface area contributed by atoms with Crippen molar-refractivity contribution < 1.29 is 13.9 Å². The molecule has 5 nitrogen and oxygen atoms in total. The molecule has 2 fully saturated rings. The molecule has 22 heavy (non-hydrogen) atoms. The smallest absolute Gasteiger partial charge is 0.226 e. The number of nitrogens with one attached hydrogen (secondary N) is 1. The van der Waals surface area contributed by atoms with E-state index in [1.807, 2.05) is 17.0 Å². The van der Waals surface area contributed by atoms with Crippen LogP contribution in [0.3, 0.4) is 0 Å². The maximum Gasteiger partial charge on any atom is 0.226 e. The Morgan fingerprint density at radius 1 is 1.45 bits per heavy atom. The van der Waals surface area contributed by atoms with E-state index in [1.165, 1.54) is 0 Å². The van der Waals surface area contributed by atoms with E-state index < -0.39 is 0 Å². The molecule has 0 aromatic carbocycles. The molecule has 0 saturated carbocycles. The molecule has 0 radical (unpaired) electrons. The summed E-state index contributed by atoms with van der Waals surface area (Å²) in [5, 5.41) is 3.41. The first kappa shape index (κ1) is 15.6. The molecule has 0 bridgehead atoms. The Morgan fingerprint density at radius 3 is 3.05 bits per heavy atom. The van der Waals surface area contributed by atoms with Gasteiger partial charge >= 0.3 is 0 Å². The second-order valence-corrected chi connectivity index (χ2v) is 6.51. The van der Waals surface area contributed by atoms with E-state index in [1.54, 1.807) is 6.26 Å². The van der Waals surface area contributed by atoms with Gasteiger partial charge in [-0.25, -0.2) is 0 Å². The SMILES string of the molecule is C[C@H]1C[C@@H](C(=O)N(Cc2ccco2)CC2CCCO2)CCN1. The van der Waals surface area contributed by atoms with Crippen molar-refractivity contribution in [1.82, 2.24) is 10.2 Å². The van der Waals surface area contributed by atoms with Gasteiger partial charge in [-0.3, -0.25) is 4.79 Å². The summed E-state index contributed by atoms with van der Waals surface area (Å²) in [5.74, 6) is 1.21. The van der Waals surface area contributed by atoms with Crippen molar-refractivity contribution in [2.75, 3.05) is 19.7 Å². The van der Waals surface area contributed by atoms with Crippen LogP contribution in [0.4, 0.5) is 0 Å². The summed E-state index contributed by atoms with van der Waals surface area (Å²) < 4.78 is 11.2. The number of rotatable bonds is 5. The first-order chi connectivity index (χ1) is 10.7. The van der Waals surface area contributed by atoms with Gasteiger partial charge < -0.3 is 19.4 Å². The van der Waals surface area contributed by atoms with Gasteiger partial charge in [-0.1, -0.05) is 0 Å². The topological polar surface area (TPSA) is 54.7 Å². The molecule has 2 saturated heterocycles. The molecule has 1 N–H and O–H groups in total. The minimum absolute atomic E-state index is 0.118. The fourth-order valence-electron chi connectivity index (χ4n) is 3.47. The molecule has 3 rings (SSSR count). The summed E-state index contributed by atoms with van der Waals surface area (Å²) in [4.78, 5) is 14.9. The average molecular weight is 306 g/mol. The van der Waals surface area contributed by atoms with Gasteiger partial charge in [0.15, 0.2) is 0 Å². The highest BCUT2D eigenvalue weighted by Gasteiger charge is 2.31. The van der Waals surface area contributed by atoms with Gasteiger partial charge in [0.2, 0.25) is 5.91 Å². The lowest BCUT2D eigenvalue weighted by molar-refractivity contribution is -0.139. The van der Waals surface area contributed by atoms with Crippen LogP contribution >= 0.6 is 0 Å². The second kappa shape index (κ2) is 7.29. The molecule has 0 aliphatic carbocycles. The Balaban J connectivity index is 1.66. The Morgan fingerprint density at radius 2 is 2.36 bits per heavy atom. The van der Waals surface area contributed by atoms with Crippen molar-refractivity contribution in [3.05, 3.63) is 24.2 Å². The van der Waals surface area contributed by atoms with Crippen molar-refractivity contribution >= 4 is 5.91 Å². The number of hydrogen-bond acceptors (Lipinski definition) is 4. The van der Waals surface area contributed by atoms with E-state index in [0.29, 0.717) is 19.1 Å². The van der Waals surface area contributed by atoms with Crippen LogP contribution in [0.5, 0.6) is 0 Å². The maximum atomic E-state index is 13.0. The molecule has 122 valence electrons. The molecule has 5 heteroatoms. The normalized spacial score (nSPS) is 28.7. The molecule has 3 heterocycles. The van der Waals surface area contributed by atoms with Crippen LogP contribution in [0.2, 0.25) is 0 Å². The van der Waals surface area contributed by atoms with Crippen molar-refractivity contribution in [1.29, 1.82) is 0 Å². The lowest BCUT2D eigenvalue weighted by Crippen LogP contribution is -2.45. The highest BCUT2D eigenvalue weighted by atomic mass is 16.5. The predicted molar refractivity (Wildman–Crippen MR) is 83.3 cm³/mol. The first-order valence-electron chi connectivity index (χ1n) is 8.38. The van der Waals surface area contributed by atoms with Gasteiger partial charge in [0, 0.05) is 25.1 Å². The number of nitrogens with zero attached hydrogens (tertiary/aromatic N) is 1. The monoisotopic (exact) mass is 306 g/mol. The van der Waals surface area contributed by atoms with E-state index in [2.05, 4.69) is 12.2 Å². The van der Waals surface area contributed by atoms with Crippen LogP contribution in [-0.4, -0.2) is 42.6 Å². The highest BCUT2D eigenvalue weighted by Crippen LogP contribution is 2.22. The van der Waals surface area contributed by atoms with Gasteiger partial charge in [0.05, 0.1) is 18.9 Å². The van der Waals surface area contributed by atoms with Gasteiger partial charge in [-0.2, -0.15) is 0 Å². The highest BCUT2D eigenvalue weighted by molar-refractivity contribution is 5.79. The third kappa shape index (κ3) is 3.90. The lowest BCUT2D eigenvalue weighted by atomic mass is 9.92. The zero-order valence-corrected chi connectivity index (χ0v) is 13.3. The zero-order chi connectivity index (χ0) is 15.4. The molecule has 0 spiro atoms. The number of piperidine rings is 1. The van der Waals surface area contributed by atoms with Crippen LogP contribution < -0.4 is 5.32 Å². The lowest BCUT2D eigenvalue weighted by Gasteiger charge is -2.33.